The van der Waals surface area contributed by atoms with Crippen molar-refractivity contribution in [2.75, 3.05) is 13.7 Å². The molecule has 0 aromatic heterocycles. The fourth-order valence-corrected chi connectivity index (χ4v) is 1.97. The molecule has 1 rings (SSSR count). The van der Waals surface area contributed by atoms with Crippen LogP contribution in [0.2, 0.25) is 0 Å². The van der Waals surface area contributed by atoms with Crippen LogP contribution in [0.15, 0.2) is 0 Å². The Hall–Kier alpha value is -0.330. The third-order valence-corrected chi connectivity index (χ3v) is 2.75. The van der Waals surface area contributed by atoms with E-state index in [1.165, 1.54) is 0 Å². The summed E-state index contributed by atoms with van der Waals surface area (Å²) in [7, 11) is -3.70. The molecule has 0 saturated carbocycles. The molecule has 4 N–H and O–H groups in total. The van der Waals surface area contributed by atoms with Gasteiger partial charge in [-0.1, -0.05) is 0 Å². The van der Waals surface area contributed by atoms with Crippen LogP contribution in [-0.2, 0) is 24.1 Å². The zero-order valence-electron chi connectivity index (χ0n) is 8.83. The number of rotatable bonds is 4. The van der Waals surface area contributed by atoms with E-state index in [1.807, 2.05) is 0 Å². The smallest absolute Gasteiger partial charge is 0.394 e. The summed E-state index contributed by atoms with van der Waals surface area (Å²) in [6.07, 6.45) is -7.40. The minimum Gasteiger partial charge on any atom is -0.394 e. The average Bonchev–Trinajstić information content (AvgIpc) is 2.24. The maximum atomic E-state index is 10.5. The maximum Gasteiger partial charge on any atom is 0.397 e. The normalized spacial score (nSPS) is 39.2. The molecule has 1 heterocycles. The van der Waals surface area contributed by atoms with Gasteiger partial charge in [0.25, 0.3) is 0 Å². The number of aliphatic hydroxyl groups excluding tert-OH is 3. The molecule has 0 radical (unpaired) electrons. The molecule has 1 saturated heterocycles. The van der Waals surface area contributed by atoms with Crippen molar-refractivity contribution in [2.45, 2.75) is 30.7 Å². The number of ether oxygens (including phenoxy) is 2. The summed E-state index contributed by atoms with van der Waals surface area (Å²) in [5, 5.41) is 27.9. The molecule has 0 bridgehead atoms. The molecule has 0 spiro atoms. The molecule has 102 valence electrons. The van der Waals surface area contributed by atoms with Crippen LogP contribution < -0.4 is 0 Å². The first-order chi connectivity index (χ1) is 7.80. The van der Waals surface area contributed by atoms with Gasteiger partial charge in [-0.25, -0.2) is 4.18 Å². The molecule has 1 aliphatic heterocycles. The lowest BCUT2D eigenvalue weighted by Gasteiger charge is -2.40. The monoisotopic (exact) mass is 274 g/mol. The largest absolute Gasteiger partial charge is 0.397 e. The van der Waals surface area contributed by atoms with Gasteiger partial charge >= 0.3 is 10.4 Å². The summed E-state index contributed by atoms with van der Waals surface area (Å²) >= 11 is 0. The van der Waals surface area contributed by atoms with Gasteiger partial charge < -0.3 is 24.8 Å². The van der Waals surface area contributed by atoms with Crippen molar-refractivity contribution in [2.24, 2.45) is 0 Å². The van der Waals surface area contributed by atoms with Crippen molar-refractivity contribution in [3.8, 4) is 0 Å². The SMILES string of the molecule is CO[C@H]1O[C@H](CO)[C@@H](O)[C@H](O)[C@H]1OS(=O)(=O)O. The second kappa shape index (κ2) is 5.54. The van der Waals surface area contributed by atoms with Crippen molar-refractivity contribution in [3.63, 3.8) is 0 Å². The van der Waals surface area contributed by atoms with Gasteiger partial charge in [0, 0.05) is 7.11 Å². The van der Waals surface area contributed by atoms with Crippen molar-refractivity contribution in [1.29, 1.82) is 0 Å². The third kappa shape index (κ3) is 3.56. The van der Waals surface area contributed by atoms with E-state index in [0.717, 1.165) is 7.11 Å². The van der Waals surface area contributed by atoms with Gasteiger partial charge in [-0.05, 0) is 0 Å². The lowest BCUT2D eigenvalue weighted by molar-refractivity contribution is -0.288. The summed E-state index contributed by atoms with van der Waals surface area (Å²) in [6, 6.07) is 0. The Labute approximate surface area is 97.5 Å². The zero-order chi connectivity index (χ0) is 13.2. The number of hydrogen-bond acceptors (Lipinski definition) is 8. The molecule has 9 nitrogen and oxygen atoms in total. The van der Waals surface area contributed by atoms with E-state index in [9.17, 15) is 18.6 Å². The second-order valence-corrected chi connectivity index (χ2v) is 4.48. The molecular weight excluding hydrogens is 260 g/mol. The third-order valence-electron chi connectivity index (χ3n) is 2.29. The topological polar surface area (TPSA) is 143 Å². The highest BCUT2D eigenvalue weighted by atomic mass is 32.3. The predicted molar refractivity (Wildman–Crippen MR) is 51.2 cm³/mol. The summed E-state index contributed by atoms with van der Waals surface area (Å²) in [6.45, 7) is -0.601. The molecular formula is C7H14O9S. The van der Waals surface area contributed by atoms with Crippen molar-refractivity contribution >= 4 is 10.4 Å². The molecule has 17 heavy (non-hydrogen) atoms. The number of methoxy groups -OCH3 is 1. The molecule has 10 heteroatoms. The maximum absolute atomic E-state index is 10.5. The van der Waals surface area contributed by atoms with Crippen LogP contribution in [0.25, 0.3) is 0 Å². The number of aliphatic hydroxyl groups is 3. The Morgan fingerprint density at radius 1 is 1.29 bits per heavy atom. The molecule has 1 aliphatic rings. The van der Waals surface area contributed by atoms with Gasteiger partial charge in [0.2, 0.25) is 0 Å². The van der Waals surface area contributed by atoms with Crippen LogP contribution in [0.5, 0.6) is 0 Å². The van der Waals surface area contributed by atoms with Crippen LogP contribution in [-0.4, -0.2) is 72.7 Å². The summed E-state index contributed by atoms with van der Waals surface area (Å²) in [5.41, 5.74) is 0. The zero-order valence-corrected chi connectivity index (χ0v) is 9.65. The van der Waals surface area contributed by atoms with E-state index in [1.54, 1.807) is 0 Å². The van der Waals surface area contributed by atoms with E-state index in [4.69, 9.17) is 19.1 Å². The van der Waals surface area contributed by atoms with Crippen LogP contribution >= 0.6 is 0 Å². The second-order valence-electron chi connectivity index (χ2n) is 3.43. The van der Waals surface area contributed by atoms with Crippen LogP contribution in [0.3, 0.4) is 0 Å². The highest BCUT2D eigenvalue weighted by Gasteiger charge is 2.47. The predicted octanol–water partition coefficient (Wildman–Crippen LogP) is -2.74. The molecule has 0 aromatic carbocycles. The Balaban J connectivity index is 2.87. The summed E-state index contributed by atoms with van der Waals surface area (Å²) < 4.78 is 43.4. The first-order valence-electron chi connectivity index (χ1n) is 4.61. The van der Waals surface area contributed by atoms with Gasteiger partial charge in [-0.15, -0.1) is 0 Å². The Bertz CT molecular complexity index is 339. The fourth-order valence-electron chi connectivity index (χ4n) is 1.49. The quantitative estimate of drug-likeness (QED) is 0.401. The minimum atomic E-state index is -4.84. The van der Waals surface area contributed by atoms with Gasteiger partial charge in [0.05, 0.1) is 6.61 Å². The Kier molecular flexibility index (Phi) is 4.80. The van der Waals surface area contributed by atoms with E-state index in [-0.39, 0.29) is 0 Å². The number of hydrogen-bond donors (Lipinski definition) is 4. The Morgan fingerprint density at radius 3 is 2.29 bits per heavy atom. The highest BCUT2D eigenvalue weighted by molar-refractivity contribution is 7.80. The standard InChI is InChI=1S/C7H14O9S/c1-14-7-6(16-17(11,12)13)5(10)4(9)3(2-8)15-7/h3-10H,2H2,1H3,(H,11,12,13)/t3-,4-,5+,6-,7+/m1/s1. The molecule has 0 aromatic rings. The Morgan fingerprint density at radius 2 is 1.88 bits per heavy atom. The van der Waals surface area contributed by atoms with Crippen molar-refractivity contribution in [3.05, 3.63) is 0 Å². The van der Waals surface area contributed by atoms with Gasteiger partial charge in [-0.3, -0.25) is 4.55 Å². The van der Waals surface area contributed by atoms with E-state index in [0.29, 0.717) is 0 Å². The molecule has 0 unspecified atom stereocenters. The van der Waals surface area contributed by atoms with Crippen LogP contribution in [0.4, 0.5) is 0 Å². The lowest BCUT2D eigenvalue weighted by atomic mass is 9.99. The van der Waals surface area contributed by atoms with Gasteiger partial charge in [-0.2, -0.15) is 8.42 Å². The van der Waals surface area contributed by atoms with Crippen molar-refractivity contribution in [1.82, 2.24) is 0 Å². The van der Waals surface area contributed by atoms with E-state index >= 15 is 0 Å². The van der Waals surface area contributed by atoms with Crippen LogP contribution in [0.1, 0.15) is 0 Å². The minimum absolute atomic E-state index is 0.601. The molecule has 1 fully saturated rings. The first-order valence-corrected chi connectivity index (χ1v) is 5.97. The van der Waals surface area contributed by atoms with Gasteiger partial charge in [0.1, 0.15) is 18.3 Å². The van der Waals surface area contributed by atoms with Gasteiger partial charge in [0.15, 0.2) is 12.4 Å². The van der Waals surface area contributed by atoms with E-state index in [2.05, 4.69) is 4.18 Å². The summed E-state index contributed by atoms with van der Waals surface area (Å²) in [5.74, 6) is 0. The average molecular weight is 274 g/mol. The highest BCUT2D eigenvalue weighted by Crippen LogP contribution is 2.24. The molecule has 0 aliphatic carbocycles. The first kappa shape index (κ1) is 14.7. The summed E-state index contributed by atoms with van der Waals surface area (Å²) in [4.78, 5) is 0. The lowest BCUT2D eigenvalue weighted by Crippen LogP contribution is -2.60. The van der Waals surface area contributed by atoms with Crippen molar-refractivity contribution < 1.29 is 41.9 Å². The molecule has 5 atom stereocenters. The van der Waals surface area contributed by atoms with E-state index < -0.39 is 47.7 Å². The van der Waals surface area contributed by atoms with Crippen LogP contribution in [0, 0.1) is 0 Å². The fraction of sp³-hybridized carbons (Fsp3) is 1.00. The molecule has 0 amide bonds.